The van der Waals surface area contributed by atoms with Crippen molar-refractivity contribution in [1.29, 1.82) is 0 Å². The molecule has 1 atom stereocenters. The Kier molecular flexibility index (Phi) is 5.99. The van der Waals surface area contributed by atoms with Crippen molar-refractivity contribution in [1.82, 2.24) is 5.32 Å². The van der Waals surface area contributed by atoms with Crippen LogP contribution in [0, 0.1) is 0 Å². The van der Waals surface area contributed by atoms with Crippen molar-refractivity contribution in [2.24, 2.45) is 0 Å². The molecule has 17 heavy (non-hydrogen) atoms. The van der Waals surface area contributed by atoms with E-state index >= 15 is 0 Å². The molecule has 4 nitrogen and oxygen atoms in total. The summed E-state index contributed by atoms with van der Waals surface area (Å²) in [6.07, 6.45) is 3.33. The molecule has 0 aliphatic carbocycles. The van der Waals surface area contributed by atoms with Crippen molar-refractivity contribution in [2.75, 3.05) is 13.2 Å². The molecule has 1 rings (SSSR count). The number of carboxylic acids is 1. The van der Waals surface area contributed by atoms with Gasteiger partial charge in [-0.3, -0.25) is 0 Å². The Labute approximate surface area is 101 Å². The van der Waals surface area contributed by atoms with E-state index in [2.05, 4.69) is 5.32 Å². The normalized spacial score (nSPS) is 12.8. The van der Waals surface area contributed by atoms with Crippen LogP contribution >= 0.6 is 0 Å². The highest BCUT2D eigenvalue weighted by atomic mass is 16.4. The van der Waals surface area contributed by atoms with Crippen LogP contribution in [0.25, 0.3) is 0 Å². The van der Waals surface area contributed by atoms with Gasteiger partial charge in [-0.1, -0.05) is 36.4 Å². The first-order valence-corrected chi connectivity index (χ1v) is 5.50. The first-order chi connectivity index (χ1) is 8.22. The van der Waals surface area contributed by atoms with Crippen LogP contribution in [0.5, 0.6) is 0 Å². The number of benzene rings is 1. The summed E-state index contributed by atoms with van der Waals surface area (Å²) in [5.74, 6) is -0.963. The van der Waals surface area contributed by atoms with Crippen molar-refractivity contribution >= 4 is 5.97 Å². The van der Waals surface area contributed by atoms with Gasteiger partial charge in [-0.25, -0.2) is 4.79 Å². The topological polar surface area (TPSA) is 69.6 Å². The highest BCUT2D eigenvalue weighted by Crippen LogP contribution is 2.02. The van der Waals surface area contributed by atoms with Gasteiger partial charge in [0.2, 0.25) is 0 Å². The standard InChI is InChI=1S/C13H17NO3/c15-10-12(14-8-4-7-13(16)17)9-11-5-2-1-3-6-11/h1-7,12,14-15H,8-10H2,(H,16,17)/b7-4-/t12-/m0/s1. The highest BCUT2D eigenvalue weighted by molar-refractivity contribution is 5.79. The fourth-order valence-corrected chi connectivity index (χ4v) is 1.49. The van der Waals surface area contributed by atoms with Crippen LogP contribution in [-0.2, 0) is 11.2 Å². The Balaban J connectivity index is 2.36. The second-order valence-corrected chi connectivity index (χ2v) is 3.72. The van der Waals surface area contributed by atoms with Gasteiger partial charge >= 0.3 is 5.97 Å². The maximum absolute atomic E-state index is 10.2. The van der Waals surface area contributed by atoms with Crippen LogP contribution in [0.1, 0.15) is 5.56 Å². The van der Waals surface area contributed by atoms with E-state index in [-0.39, 0.29) is 12.6 Å². The number of hydrogen-bond donors (Lipinski definition) is 3. The van der Waals surface area contributed by atoms with Crippen molar-refractivity contribution in [2.45, 2.75) is 12.5 Å². The minimum atomic E-state index is -0.963. The maximum atomic E-state index is 10.2. The number of hydrogen-bond acceptors (Lipinski definition) is 3. The average Bonchev–Trinajstić information content (AvgIpc) is 2.34. The van der Waals surface area contributed by atoms with Crippen LogP contribution in [-0.4, -0.2) is 35.4 Å². The number of nitrogens with one attached hydrogen (secondary N) is 1. The first kappa shape index (κ1) is 13.4. The third-order valence-corrected chi connectivity index (χ3v) is 2.33. The Morgan fingerprint density at radius 2 is 2.06 bits per heavy atom. The van der Waals surface area contributed by atoms with Gasteiger partial charge in [0.05, 0.1) is 6.61 Å². The third kappa shape index (κ3) is 5.85. The molecule has 0 saturated carbocycles. The van der Waals surface area contributed by atoms with Gasteiger partial charge in [-0.15, -0.1) is 0 Å². The van der Waals surface area contributed by atoms with Gasteiger partial charge < -0.3 is 15.5 Å². The highest BCUT2D eigenvalue weighted by Gasteiger charge is 2.06. The zero-order chi connectivity index (χ0) is 12.5. The maximum Gasteiger partial charge on any atom is 0.328 e. The molecule has 0 fully saturated rings. The molecule has 0 unspecified atom stereocenters. The molecule has 4 heteroatoms. The molecule has 0 aliphatic rings. The Morgan fingerprint density at radius 3 is 2.65 bits per heavy atom. The summed E-state index contributed by atoms with van der Waals surface area (Å²) in [7, 11) is 0. The summed E-state index contributed by atoms with van der Waals surface area (Å²) < 4.78 is 0. The Bertz CT molecular complexity index is 362. The SMILES string of the molecule is O=C(O)/C=C\CN[C@H](CO)Cc1ccccc1. The van der Waals surface area contributed by atoms with E-state index in [1.807, 2.05) is 30.3 Å². The number of aliphatic hydroxyl groups is 1. The van der Waals surface area contributed by atoms with E-state index in [1.165, 1.54) is 6.08 Å². The second kappa shape index (κ2) is 7.60. The van der Waals surface area contributed by atoms with Gasteiger partial charge in [-0.05, 0) is 12.0 Å². The summed E-state index contributed by atoms with van der Waals surface area (Å²) >= 11 is 0. The lowest BCUT2D eigenvalue weighted by molar-refractivity contribution is -0.131. The summed E-state index contributed by atoms with van der Waals surface area (Å²) in [5, 5.41) is 20.7. The summed E-state index contributed by atoms with van der Waals surface area (Å²) in [5.41, 5.74) is 1.14. The summed E-state index contributed by atoms with van der Waals surface area (Å²) in [6, 6.07) is 9.79. The molecule has 0 aliphatic heterocycles. The van der Waals surface area contributed by atoms with Crippen LogP contribution in [0.3, 0.4) is 0 Å². The van der Waals surface area contributed by atoms with Crippen LogP contribution < -0.4 is 5.32 Å². The summed E-state index contributed by atoms with van der Waals surface area (Å²) in [4.78, 5) is 10.2. The van der Waals surface area contributed by atoms with Crippen molar-refractivity contribution in [3.63, 3.8) is 0 Å². The van der Waals surface area contributed by atoms with Crippen LogP contribution in [0.2, 0.25) is 0 Å². The second-order valence-electron chi connectivity index (χ2n) is 3.72. The zero-order valence-electron chi connectivity index (χ0n) is 9.54. The van der Waals surface area contributed by atoms with Crippen molar-refractivity contribution in [3.05, 3.63) is 48.0 Å². The lowest BCUT2D eigenvalue weighted by atomic mass is 10.1. The molecular weight excluding hydrogens is 218 g/mol. The minimum Gasteiger partial charge on any atom is -0.478 e. The Hall–Kier alpha value is -1.65. The van der Waals surface area contributed by atoms with Crippen molar-refractivity contribution in [3.8, 4) is 0 Å². The largest absolute Gasteiger partial charge is 0.478 e. The minimum absolute atomic E-state index is 0.0236. The average molecular weight is 235 g/mol. The number of aliphatic hydroxyl groups excluding tert-OH is 1. The number of rotatable bonds is 7. The molecular formula is C13H17NO3. The molecule has 3 N–H and O–H groups in total. The lowest BCUT2D eigenvalue weighted by Crippen LogP contribution is -2.34. The molecule has 0 saturated heterocycles. The number of carbonyl (C=O) groups is 1. The smallest absolute Gasteiger partial charge is 0.328 e. The first-order valence-electron chi connectivity index (χ1n) is 5.50. The van der Waals surface area contributed by atoms with E-state index < -0.39 is 5.97 Å². The Morgan fingerprint density at radius 1 is 1.35 bits per heavy atom. The predicted octanol–water partition coefficient (Wildman–Crippen LogP) is 0.820. The third-order valence-electron chi connectivity index (χ3n) is 2.33. The van der Waals surface area contributed by atoms with E-state index in [0.29, 0.717) is 6.54 Å². The van der Waals surface area contributed by atoms with Gasteiger partial charge in [0.15, 0.2) is 0 Å². The molecule has 92 valence electrons. The lowest BCUT2D eigenvalue weighted by Gasteiger charge is -2.14. The monoisotopic (exact) mass is 235 g/mol. The molecule has 0 aromatic heterocycles. The van der Waals surface area contributed by atoms with E-state index in [4.69, 9.17) is 5.11 Å². The predicted molar refractivity (Wildman–Crippen MR) is 65.8 cm³/mol. The molecule has 0 amide bonds. The van der Waals surface area contributed by atoms with Crippen molar-refractivity contribution < 1.29 is 15.0 Å². The fraction of sp³-hybridized carbons (Fsp3) is 0.308. The number of aliphatic carboxylic acids is 1. The quantitative estimate of drug-likeness (QED) is 0.612. The van der Waals surface area contributed by atoms with E-state index in [0.717, 1.165) is 18.1 Å². The molecule has 1 aromatic rings. The number of carboxylic acid groups (broad SMARTS) is 1. The molecule has 0 heterocycles. The van der Waals surface area contributed by atoms with Gasteiger partial charge in [-0.2, -0.15) is 0 Å². The van der Waals surface area contributed by atoms with E-state index in [9.17, 15) is 9.90 Å². The van der Waals surface area contributed by atoms with E-state index in [1.54, 1.807) is 0 Å². The molecule has 1 aromatic carbocycles. The molecule has 0 spiro atoms. The van der Waals surface area contributed by atoms with Crippen LogP contribution in [0.15, 0.2) is 42.5 Å². The molecule has 0 radical (unpaired) electrons. The summed E-state index contributed by atoms with van der Waals surface area (Å²) in [6.45, 7) is 0.458. The van der Waals surface area contributed by atoms with Gasteiger partial charge in [0, 0.05) is 18.7 Å². The van der Waals surface area contributed by atoms with Gasteiger partial charge in [0.1, 0.15) is 0 Å². The fourth-order valence-electron chi connectivity index (χ4n) is 1.49. The van der Waals surface area contributed by atoms with Crippen LogP contribution in [0.4, 0.5) is 0 Å². The molecule has 0 bridgehead atoms. The van der Waals surface area contributed by atoms with Gasteiger partial charge in [0.25, 0.3) is 0 Å². The zero-order valence-corrected chi connectivity index (χ0v) is 9.54.